The largest absolute Gasteiger partial charge is 0.497 e. The summed E-state index contributed by atoms with van der Waals surface area (Å²) >= 11 is 1.60. The van der Waals surface area contributed by atoms with E-state index in [0.717, 1.165) is 4.88 Å². The van der Waals surface area contributed by atoms with Crippen molar-refractivity contribution in [1.29, 1.82) is 0 Å². The van der Waals surface area contributed by atoms with Gasteiger partial charge in [0.25, 0.3) is 0 Å². The minimum absolute atomic E-state index is 0.267. The Balaban J connectivity index is 2.37. The number of rotatable bonds is 4. The molecule has 1 aromatic heterocycles. The molecule has 2 rings (SSSR count). The van der Waals surface area contributed by atoms with Crippen LogP contribution in [0.3, 0.4) is 0 Å². The SMILES string of the molecule is COc1ccc(C(=O)O)c(C=Cc2cccs2)c1. The van der Waals surface area contributed by atoms with Gasteiger partial charge in [0, 0.05) is 4.88 Å². The molecule has 0 spiro atoms. The van der Waals surface area contributed by atoms with E-state index in [1.807, 2.05) is 23.6 Å². The third kappa shape index (κ3) is 2.78. The third-order valence-corrected chi connectivity index (χ3v) is 3.30. The lowest BCUT2D eigenvalue weighted by Crippen LogP contribution is -1.99. The van der Waals surface area contributed by atoms with E-state index in [1.165, 1.54) is 0 Å². The highest BCUT2D eigenvalue weighted by molar-refractivity contribution is 7.10. The van der Waals surface area contributed by atoms with Crippen LogP contribution in [0, 0.1) is 0 Å². The molecular formula is C14H12O3S. The van der Waals surface area contributed by atoms with E-state index in [9.17, 15) is 4.79 Å². The van der Waals surface area contributed by atoms with Crippen molar-refractivity contribution < 1.29 is 14.6 Å². The number of methoxy groups -OCH3 is 1. The Morgan fingerprint density at radius 1 is 1.33 bits per heavy atom. The maximum Gasteiger partial charge on any atom is 0.336 e. The first-order valence-corrected chi connectivity index (χ1v) is 6.21. The van der Waals surface area contributed by atoms with Crippen molar-refractivity contribution in [3.63, 3.8) is 0 Å². The van der Waals surface area contributed by atoms with Crippen molar-refractivity contribution in [1.82, 2.24) is 0 Å². The summed E-state index contributed by atoms with van der Waals surface area (Å²) in [5.74, 6) is -0.297. The predicted octanol–water partition coefficient (Wildman–Crippen LogP) is 3.63. The minimum Gasteiger partial charge on any atom is -0.497 e. The van der Waals surface area contributed by atoms with Gasteiger partial charge in [0.15, 0.2) is 0 Å². The Bertz CT molecular complexity index is 571. The first kappa shape index (κ1) is 12.4. The van der Waals surface area contributed by atoms with Gasteiger partial charge in [-0.1, -0.05) is 12.1 Å². The van der Waals surface area contributed by atoms with Crippen LogP contribution in [-0.4, -0.2) is 18.2 Å². The van der Waals surface area contributed by atoms with Crippen LogP contribution in [0.1, 0.15) is 20.8 Å². The Kier molecular flexibility index (Phi) is 3.79. The maximum atomic E-state index is 11.1. The Morgan fingerprint density at radius 3 is 2.78 bits per heavy atom. The molecule has 1 N–H and O–H groups in total. The summed E-state index contributed by atoms with van der Waals surface area (Å²) in [5, 5.41) is 11.1. The zero-order valence-corrected chi connectivity index (χ0v) is 10.6. The van der Waals surface area contributed by atoms with E-state index >= 15 is 0 Å². The molecule has 0 unspecified atom stereocenters. The Morgan fingerprint density at radius 2 is 2.17 bits per heavy atom. The number of carboxylic acids is 1. The fraction of sp³-hybridized carbons (Fsp3) is 0.0714. The number of aromatic carboxylic acids is 1. The highest BCUT2D eigenvalue weighted by atomic mass is 32.1. The van der Waals surface area contributed by atoms with Crippen molar-refractivity contribution in [2.24, 2.45) is 0 Å². The molecule has 92 valence electrons. The molecule has 0 bridgehead atoms. The lowest BCUT2D eigenvalue weighted by Gasteiger charge is -2.04. The number of carbonyl (C=O) groups is 1. The van der Waals surface area contributed by atoms with E-state index in [2.05, 4.69) is 0 Å². The van der Waals surface area contributed by atoms with Crippen LogP contribution >= 0.6 is 11.3 Å². The van der Waals surface area contributed by atoms with Gasteiger partial charge >= 0.3 is 5.97 Å². The van der Waals surface area contributed by atoms with E-state index in [4.69, 9.17) is 9.84 Å². The van der Waals surface area contributed by atoms with Crippen LogP contribution < -0.4 is 4.74 Å². The summed E-state index contributed by atoms with van der Waals surface area (Å²) in [6.45, 7) is 0. The molecule has 0 aliphatic rings. The van der Waals surface area contributed by atoms with Crippen LogP contribution in [0.5, 0.6) is 5.75 Å². The van der Waals surface area contributed by atoms with Gasteiger partial charge in [-0.3, -0.25) is 0 Å². The zero-order chi connectivity index (χ0) is 13.0. The third-order valence-electron chi connectivity index (χ3n) is 2.46. The maximum absolute atomic E-state index is 11.1. The molecule has 0 atom stereocenters. The molecule has 0 fully saturated rings. The van der Waals surface area contributed by atoms with Crippen molar-refractivity contribution in [3.05, 3.63) is 51.7 Å². The molecular weight excluding hydrogens is 248 g/mol. The van der Waals surface area contributed by atoms with E-state index in [0.29, 0.717) is 11.3 Å². The van der Waals surface area contributed by atoms with Crippen LogP contribution in [-0.2, 0) is 0 Å². The number of hydrogen-bond acceptors (Lipinski definition) is 3. The molecule has 18 heavy (non-hydrogen) atoms. The normalized spacial score (nSPS) is 10.7. The monoisotopic (exact) mass is 260 g/mol. The van der Waals surface area contributed by atoms with Crippen LogP contribution in [0.25, 0.3) is 12.2 Å². The molecule has 0 aliphatic carbocycles. The average molecular weight is 260 g/mol. The molecule has 1 heterocycles. The van der Waals surface area contributed by atoms with E-state index in [1.54, 1.807) is 42.7 Å². The molecule has 0 radical (unpaired) electrons. The number of ether oxygens (including phenoxy) is 1. The Hall–Kier alpha value is -2.07. The number of benzene rings is 1. The van der Waals surface area contributed by atoms with Crippen molar-refractivity contribution in [2.75, 3.05) is 7.11 Å². The molecule has 0 saturated carbocycles. The molecule has 0 amide bonds. The number of hydrogen-bond donors (Lipinski definition) is 1. The van der Waals surface area contributed by atoms with Gasteiger partial charge in [0.1, 0.15) is 5.75 Å². The lowest BCUT2D eigenvalue weighted by atomic mass is 10.1. The summed E-state index contributed by atoms with van der Waals surface area (Å²) in [4.78, 5) is 12.2. The van der Waals surface area contributed by atoms with Gasteiger partial charge in [-0.15, -0.1) is 11.3 Å². The van der Waals surface area contributed by atoms with Gasteiger partial charge < -0.3 is 9.84 Å². The molecule has 0 saturated heterocycles. The van der Waals surface area contributed by atoms with Gasteiger partial charge in [-0.25, -0.2) is 4.79 Å². The van der Waals surface area contributed by atoms with Gasteiger partial charge in [-0.2, -0.15) is 0 Å². The number of thiophene rings is 1. The second kappa shape index (κ2) is 5.51. The first-order chi connectivity index (χ1) is 8.70. The quantitative estimate of drug-likeness (QED) is 0.913. The molecule has 4 heteroatoms. The Labute approximate surface area is 109 Å². The summed E-state index contributed by atoms with van der Waals surface area (Å²) in [7, 11) is 1.56. The van der Waals surface area contributed by atoms with Crippen LogP contribution in [0.15, 0.2) is 35.7 Å². The van der Waals surface area contributed by atoms with Gasteiger partial charge in [-0.05, 0) is 41.3 Å². The number of carboxylic acid groups (broad SMARTS) is 1. The standard InChI is InChI=1S/C14H12O3S/c1-17-11-5-7-13(14(15)16)10(9-11)4-6-12-3-2-8-18-12/h2-9H,1H3,(H,15,16). The highest BCUT2D eigenvalue weighted by Crippen LogP contribution is 2.21. The summed E-state index contributed by atoms with van der Waals surface area (Å²) in [5.41, 5.74) is 0.902. The molecule has 3 nitrogen and oxygen atoms in total. The summed E-state index contributed by atoms with van der Waals surface area (Å²) in [6, 6.07) is 8.84. The second-order valence-electron chi connectivity index (χ2n) is 3.61. The average Bonchev–Trinajstić information content (AvgIpc) is 2.88. The highest BCUT2D eigenvalue weighted by Gasteiger charge is 2.08. The summed E-state index contributed by atoms with van der Waals surface area (Å²) < 4.78 is 5.10. The fourth-order valence-electron chi connectivity index (χ4n) is 1.56. The van der Waals surface area contributed by atoms with E-state index in [-0.39, 0.29) is 5.56 Å². The first-order valence-electron chi connectivity index (χ1n) is 5.33. The summed E-state index contributed by atoms with van der Waals surface area (Å²) in [6.07, 6.45) is 3.68. The zero-order valence-electron chi connectivity index (χ0n) is 9.79. The fourth-order valence-corrected chi connectivity index (χ4v) is 2.18. The molecule has 2 aromatic rings. The van der Waals surface area contributed by atoms with Crippen LogP contribution in [0.4, 0.5) is 0 Å². The predicted molar refractivity (Wildman–Crippen MR) is 73.2 cm³/mol. The topological polar surface area (TPSA) is 46.5 Å². The second-order valence-corrected chi connectivity index (χ2v) is 4.59. The molecule has 1 aromatic carbocycles. The lowest BCUT2D eigenvalue weighted by molar-refractivity contribution is 0.0696. The smallest absolute Gasteiger partial charge is 0.336 e. The van der Waals surface area contributed by atoms with Gasteiger partial charge in [0.2, 0.25) is 0 Å². The van der Waals surface area contributed by atoms with Crippen LogP contribution in [0.2, 0.25) is 0 Å². The van der Waals surface area contributed by atoms with E-state index < -0.39 is 5.97 Å². The molecule has 0 aliphatic heterocycles. The van der Waals surface area contributed by atoms with Gasteiger partial charge in [0.05, 0.1) is 12.7 Å². The van der Waals surface area contributed by atoms with Crippen molar-refractivity contribution >= 4 is 29.5 Å². The minimum atomic E-state index is -0.941. The van der Waals surface area contributed by atoms with Crippen molar-refractivity contribution in [2.45, 2.75) is 0 Å². The van der Waals surface area contributed by atoms with Crippen molar-refractivity contribution in [3.8, 4) is 5.75 Å².